The molecule has 3 heterocycles. The number of benzene rings is 1. The Kier molecular flexibility index (Phi) is 4.11. The van der Waals surface area contributed by atoms with Crippen LogP contribution in [0, 0.1) is 5.82 Å². The fraction of sp³-hybridized carbons (Fsp3) is 0.529. The van der Waals surface area contributed by atoms with Crippen molar-refractivity contribution >= 4 is 10.0 Å². The van der Waals surface area contributed by atoms with E-state index >= 15 is 0 Å². The van der Waals surface area contributed by atoms with E-state index in [2.05, 4.69) is 21.7 Å². The zero-order chi connectivity index (χ0) is 17.6. The Morgan fingerprint density at radius 3 is 2.60 bits per heavy atom. The van der Waals surface area contributed by atoms with Gasteiger partial charge in [0, 0.05) is 31.5 Å². The number of fused-ring (bicyclic) bond motifs is 3. The van der Waals surface area contributed by atoms with Crippen molar-refractivity contribution in [1.29, 1.82) is 0 Å². The third-order valence-corrected chi connectivity index (χ3v) is 7.15. The molecule has 0 aliphatic carbocycles. The van der Waals surface area contributed by atoms with Crippen LogP contribution < -0.4 is 0 Å². The highest BCUT2D eigenvalue weighted by Gasteiger charge is 2.45. The van der Waals surface area contributed by atoms with E-state index in [9.17, 15) is 12.8 Å². The highest BCUT2D eigenvalue weighted by Crippen LogP contribution is 2.36. The van der Waals surface area contributed by atoms with E-state index in [0.717, 1.165) is 37.3 Å². The first kappa shape index (κ1) is 16.7. The maximum atomic E-state index is 13.2. The summed E-state index contributed by atoms with van der Waals surface area (Å²) in [5.41, 5.74) is 0. The molecular weight excluding hydrogens is 343 g/mol. The van der Waals surface area contributed by atoms with Crippen LogP contribution in [0.2, 0.25) is 0 Å². The molecule has 2 aliphatic heterocycles. The predicted molar refractivity (Wildman–Crippen MR) is 90.0 cm³/mol. The lowest BCUT2D eigenvalue weighted by Crippen LogP contribution is -2.42. The number of aryl methyl sites for hydroxylation is 1. The van der Waals surface area contributed by atoms with E-state index in [1.165, 1.54) is 24.3 Å². The molecule has 1 saturated heterocycles. The van der Waals surface area contributed by atoms with Crippen LogP contribution >= 0.6 is 0 Å². The van der Waals surface area contributed by atoms with Gasteiger partial charge in [-0.2, -0.15) is 4.31 Å². The molecule has 4 rings (SSSR count). The number of hydrogen-bond acceptors (Lipinski definition) is 4. The molecule has 1 aromatic carbocycles. The quantitative estimate of drug-likeness (QED) is 0.834. The second kappa shape index (κ2) is 6.17. The summed E-state index contributed by atoms with van der Waals surface area (Å²) in [6.07, 6.45) is 4.04. The minimum atomic E-state index is -3.65. The summed E-state index contributed by atoms with van der Waals surface area (Å²) < 4.78 is 43.2. The lowest BCUT2D eigenvalue weighted by Gasteiger charge is -2.27. The lowest BCUT2D eigenvalue weighted by atomic mass is 10.1. The summed E-state index contributed by atoms with van der Waals surface area (Å²) in [4.78, 5) is 0.150. The molecule has 1 aromatic heterocycles. The van der Waals surface area contributed by atoms with Crippen LogP contribution in [0.1, 0.15) is 37.8 Å². The molecule has 2 aliphatic rings. The van der Waals surface area contributed by atoms with Crippen LogP contribution in [0.3, 0.4) is 0 Å². The summed E-state index contributed by atoms with van der Waals surface area (Å²) in [7, 11) is -3.65. The minimum Gasteiger partial charge on any atom is -0.313 e. The molecule has 134 valence electrons. The van der Waals surface area contributed by atoms with Crippen LogP contribution in [-0.2, 0) is 29.4 Å². The first-order valence-electron chi connectivity index (χ1n) is 8.70. The standard InChI is InChI=1S/C17H21FN4O2S/c1-2-3-16-19-20-17-10-13-6-7-14(11-21(16)17)22(13)25(23,24)15-8-4-12(18)5-9-15/h4-5,8-9,13-14H,2-3,6-7,10-11H2,1H3. The van der Waals surface area contributed by atoms with Gasteiger partial charge in [0.15, 0.2) is 0 Å². The molecule has 0 spiro atoms. The van der Waals surface area contributed by atoms with E-state index < -0.39 is 15.8 Å². The highest BCUT2D eigenvalue weighted by molar-refractivity contribution is 7.89. The highest BCUT2D eigenvalue weighted by atomic mass is 32.2. The molecule has 2 unspecified atom stereocenters. The summed E-state index contributed by atoms with van der Waals surface area (Å²) in [6.45, 7) is 2.68. The Bertz CT molecular complexity index is 879. The SMILES string of the molecule is CCCc1nnc2n1CC1CCC(C2)N1S(=O)(=O)c1ccc(F)cc1. The second-order valence-electron chi connectivity index (χ2n) is 6.77. The maximum absolute atomic E-state index is 13.2. The number of aromatic nitrogens is 3. The van der Waals surface area contributed by atoms with Gasteiger partial charge in [-0.1, -0.05) is 6.92 Å². The van der Waals surface area contributed by atoms with Gasteiger partial charge in [-0.05, 0) is 43.5 Å². The molecule has 25 heavy (non-hydrogen) atoms. The Labute approximate surface area is 146 Å². The van der Waals surface area contributed by atoms with Crippen molar-refractivity contribution in [1.82, 2.24) is 19.1 Å². The lowest BCUT2D eigenvalue weighted by molar-refractivity contribution is 0.314. The van der Waals surface area contributed by atoms with Gasteiger partial charge in [0.05, 0.1) is 4.90 Å². The maximum Gasteiger partial charge on any atom is 0.243 e. The van der Waals surface area contributed by atoms with E-state index in [1.54, 1.807) is 4.31 Å². The van der Waals surface area contributed by atoms with Crippen molar-refractivity contribution < 1.29 is 12.8 Å². The Morgan fingerprint density at radius 1 is 1.16 bits per heavy atom. The van der Waals surface area contributed by atoms with Crippen LogP contribution in [0.4, 0.5) is 4.39 Å². The molecule has 8 heteroatoms. The number of hydrogen-bond donors (Lipinski definition) is 0. The van der Waals surface area contributed by atoms with Gasteiger partial charge < -0.3 is 4.57 Å². The van der Waals surface area contributed by atoms with Gasteiger partial charge in [-0.15, -0.1) is 10.2 Å². The topological polar surface area (TPSA) is 68.1 Å². The third-order valence-electron chi connectivity index (χ3n) is 5.13. The van der Waals surface area contributed by atoms with Crippen molar-refractivity contribution in [2.45, 2.75) is 62.6 Å². The first-order chi connectivity index (χ1) is 12.0. The van der Waals surface area contributed by atoms with E-state index in [4.69, 9.17) is 0 Å². The van der Waals surface area contributed by atoms with Gasteiger partial charge in [-0.3, -0.25) is 0 Å². The zero-order valence-electron chi connectivity index (χ0n) is 14.1. The van der Waals surface area contributed by atoms with Crippen molar-refractivity contribution in [3.63, 3.8) is 0 Å². The fourth-order valence-corrected chi connectivity index (χ4v) is 5.85. The Balaban J connectivity index is 1.70. The molecule has 0 amide bonds. The van der Waals surface area contributed by atoms with Crippen molar-refractivity contribution in [2.24, 2.45) is 0 Å². The monoisotopic (exact) mass is 364 g/mol. The number of rotatable bonds is 4. The summed E-state index contributed by atoms with van der Waals surface area (Å²) in [6, 6.07) is 4.87. The van der Waals surface area contributed by atoms with Gasteiger partial charge in [0.1, 0.15) is 17.5 Å². The molecular formula is C17H21FN4O2S. The van der Waals surface area contributed by atoms with E-state index in [-0.39, 0.29) is 17.0 Å². The largest absolute Gasteiger partial charge is 0.313 e. The molecule has 2 aromatic rings. The van der Waals surface area contributed by atoms with Crippen LogP contribution in [-0.4, -0.2) is 39.6 Å². The second-order valence-corrected chi connectivity index (χ2v) is 8.61. The third kappa shape index (κ3) is 2.77. The number of sulfonamides is 1. The van der Waals surface area contributed by atoms with Gasteiger partial charge >= 0.3 is 0 Å². The summed E-state index contributed by atoms with van der Waals surface area (Å²) >= 11 is 0. The zero-order valence-corrected chi connectivity index (χ0v) is 14.9. The van der Waals surface area contributed by atoms with E-state index in [1.807, 2.05) is 0 Å². The molecule has 2 bridgehead atoms. The minimum absolute atomic E-state index is 0.104. The van der Waals surface area contributed by atoms with Gasteiger partial charge in [0.25, 0.3) is 0 Å². The number of halogens is 1. The average Bonchev–Trinajstić information content (AvgIpc) is 3.08. The van der Waals surface area contributed by atoms with Crippen LogP contribution in [0.15, 0.2) is 29.2 Å². The van der Waals surface area contributed by atoms with Crippen molar-refractivity contribution in [3.05, 3.63) is 41.7 Å². The Morgan fingerprint density at radius 2 is 1.88 bits per heavy atom. The van der Waals surface area contributed by atoms with E-state index in [0.29, 0.717) is 13.0 Å². The predicted octanol–water partition coefficient (Wildman–Crippen LogP) is 2.15. The molecule has 6 nitrogen and oxygen atoms in total. The van der Waals surface area contributed by atoms with Crippen LogP contribution in [0.25, 0.3) is 0 Å². The fourth-order valence-electron chi connectivity index (χ4n) is 3.99. The molecule has 1 fully saturated rings. The summed E-state index contributed by atoms with van der Waals surface area (Å²) in [5.74, 6) is 1.37. The summed E-state index contributed by atoms with van der Waals surface area (Å²) in [5, 5.41) is 8.58. The molecule has 0 N–H and O–H groups in total. The normalized spacial score (nSPS) is 23.4. The van der Waals surface area contributed by atoms with Gasteiger partial charge in [-0.25, -0.2) is 12.8 Å². The van der Waals surface area contributed by atoms with Crippen molar-refractivity contribution in [3.8, 4) is 0 Å². The molecule has 2 atom stereocenters. The molecule has 0 radical (unpaired) electrons. The van der Waals surface area contributed by atoms with Crippen molar-refractivity contribution in [2.75, 3.05) is 0 Å². The van der Waals surface area contributed by atoms with Gasteiger partial charge in [0.2, 0.25) is 10.0 Å². The average molecular weight is 364 g/mol. The molecule has 0 saturated carbocycles. The first-order valence-corrected chi connectivity index (χ1v) is 10.1. The smallest absolute Gasteiger partial charge is 0.243 e. The number of nitrogens with zero attached hydrogens (tertiary/aromatic N) is 4. The Hall–Kier alpha value is -1.80. The van der Waals surface area contributed by atoms with Crippen LogP contribution in [0.5, 0.6) is 0 Å².